The zero-order chi connectivity index (χ0) is 20.3. The van der Waals surface area contributed by atoms with Gasteiger partial charge in [0.15, 0.2) is 0 Å². The average molecular weight is 378 g/mol. The third-order valence-electron chi connectivity index (χ3n) is 5.43. The summed E-state index contributed by atoms with van der Waals surface area (Å²) in [6.45, 7) is 15.4. The Morgan fingerprint density at radius 2 is 1.71 bits per heavy atom. The quantitative estimate of drug-likeness (QED) is 0.831. The maximum atomic E-state index is 12.9. The van der Waals surface area contributed by atoms with Crippen LogP contribution < -0.4 is 10.2 Å². The second-order valence-electron chi connectivity index (χ2n) is 8.23. The van der Waals surface area contributed by atoms with Gasteiger partial charge in [0.1, 0.15) is 0 Å². The topological polar surface area (TPSA) is 35.6 Å². The van der Waals surface area contributed by atoms with Crippen molar-refractivity contribution in [2.75, 3.05) is 31.1 Å². The largest absolute Gasteiger partial charge is 0.368 e. The Morgan fingerprint density at radius 1 is 1.04 bits per heavy atom. The summed E-state index contributed by atoms with van der Waals surface area (Å²) in [5.41, 5.74) is 5.26. The third-order valence-corrected chi connectivity index (χ3v) is 5.43. The molecule has 0 bridgehead atoms. The predicted molar refractivity (Wildman–Crippen MR) is 118 cm³/mol. The number of nitrogens with zero attached hydrogens (tertiary/aromatic N) is 2. The molecule has 1 aliphatic rings. The molecule has 1 fully saturated rings. The van der Waals surface area contributed by atoms with Crippen LogP contribution in [0.4, 0.5) is 10.5 Å². The van der Waals surface area contributed by atoms with Crippen molar-refractivity contribution >= 4 is 17.3 Å². The van der Waals surface area contributed by atoms with Gasteiger partial charge < -0.3 is 15.1 Å². The molecular formula is C24H31N3O. The highest BCUT2D eigenvalue weighted by atomic mass is 16.2. The van der Waals surface area contributed by atoms with Gasteiger partial charge in [0, 0.05) is 31.9 Å². The lowest BCUT2D eigenvalue weighted by Gasteiger charge is -2.38. The predicted octanol–water partition coefficient (Wildman–Crippen LogP) is 4.80. The average Bonchev–Trinajstić information content (AvgIpc) is 2.68. The van der Waals surface area contributed by atoms with Crippen LogP contribution >= 0.6 is 0 Å². The van der Waals surface area contributed by atoms with Crippen molar-refractivity contribution in [2.45, 2.75) is 33.2 Å². The molecule has 148 valence electrons. The standard InChI is InChI=1S/C24H31N3O/c1-18(2)20-9-7-10-21(17-20)24(4,5)25-23(28)27-14-12-26(13-15-27)22-11-6-8-19(3)16-22/h6-11,16-17H,1,12-15H2,2-5H3,(H,25,28). The molecule has 0 spiro atoms. The summed E-state index contributed by atoms with van der Waals surface area (Å²) < 4.78 is 0. The van der Waals surface area contributed by atoms with E-state index in [0.717, 1.165) is 42.9 Å². The maximum absolute atomic E-state index is 12.9. The zero-order valence-electron chi connectivity index (χ0n) is 17.5. The number of piperazine rings is 1. The summed E-state index contributed by atoms with van der Waals surface area (Å²) in [4.78, 5) is 17.1. The van der Waals surface area contributed by atoms with Gasteiger partial charge in [-0.3, -0.25) is 0 Å². The fourth-order valence-electron chi connectivity index (χ4n) is 3.58. The first-order chi connectivity index (χ1) is 13.3. The van der Waals surface area contributed by atoms with Gasteiger partial charge in [0.05, 0.1) is 5.54 Å². The number of hydrogen-bond donors (Lipinski definition) is 1. The number of nitrogens with one attached hydrogen (secondary N) is 1. The monoisotopic (exact) mass is 377 g/mol. The molecule has 1 aliphatic heterocycles. The van der Waals surface area contributed by atoms with Gasteiger partial charge in [0.25, 0.3) is 0 Å². The van der Waals surface area contributed by atoms with E-state index in [0.29, 0.717) is 0 Å². The first kappa shape index (κ1) is 20.0. The molecule has 2 aromatic rings. The van der Waals surface area contributed by atoms with Gasteiger partial charge in [-0.1, -0.05) is 42.5 Å². The van der Waals surface area contributed by atoms with Crippen LogP contribution in [0.1, 0.15) is 37.5 Å². The van der Waals surface area contributed by atoms with E-state index in [4.69, 9.17) is 0 Å². The van der Waals surface area contributed by atoms with Crippen molar-refractivity contribution < 1.29 is 4.79 Å². The van der Waals surface area contributed by atoms with Gasteiger partial charge in [-0.2, -0.15) is 0 Å². The molecule has 1 N–H and O–H groups in total. The Morgan fingerprint density at radius 3 is 2.36 bits per heavy atom. The highest BCUT2D eigenvalue weighted by molar-refractivity contribution is 5.76. The van der Waals surface area contributed by atoms with Crippen LogP contribution in [0, 0.1) is 6.92 Å². The van der Waals surface area contributed by atoms with Gasteiger partial charge in [0.2, 0.25) is 0 Å². The normalized spacial score (nSPS) is 14.7. The van der Waals surface area contributed by atoms with E-state index < -0.39 is 5.54 Å². The van der Waals surface area contributed by atoms with Crippen LogP contribution in [0.2, 0.25) is 0 Å². The first-order valence-corrected chi connectivity index (χ1v) is 9.91. The number of aryl methyl sites for hydroxylation is 1. The minimum Gasteiger partial charge on any atom is -0.368 e. The van der Waals surface area contributed by atoms with Crippen LogP contribution in [0.3, 0.4) is 0 Å². The van der Waals surface area contributed by atoms with Crippen molar-refractivity contribution in [1.82, 2.24) is 10.2 Å². The summed E-state index contributed by atoms with van der Waals surface area (Å²) >= 11 is 0. The summed E-state index contributed by atoms with van der Waals surface area (Å²) in [5.74, 6) is 0. The van der Waals surface area contributed by atoms with E-state index >= 15 is 0 Å². The number of anilines is 1. The second-order valence-corrected chi connectivity index (χ2v) is 8.23. The van der Waals surface area contributed by atoms with E-state index in [1.165, 1.54) is 11.3 Å². The van der Waals surface area contributed by atoms with E-state index in [9.17, 15) is 4.79 Å². The van der Waals surface area contributed by atoms with E-state index in [-0.39, 0.29) is 6.03 Å². The molecule has 28 heavy (non-hydrogen) atoms. The maximum Gasteiger partial charge on any atom is 0.318 e. The van der Waals surface area contributed by atoms with E-state index in [1.54, 1.807) is 0 Å². The minimum atomic E-state index is -0.448. The van der Waals surface area contributed by atoms with E-state index in [1.807, 2.05) is 37.8 Å². The number of allylic oxidation sites excluding steroid dienone is 1. The molecule has 0 atom stereocenters. The number of rotatable bonds is 4. The summed E-state index contributed by atoms with van der Waals surface area (Å²) in [6, 6.07) is 16.8. The van der Waals surface area contributed by atoms with Crippen LogP contribution in [0.25, 0.3) is 5.57 Å². The zero-order valence-corrected chi connectivity index (χ0v) is 17.5. The van der Waals surface area contributed by atoms with Gasteiger partial charge >= 0.3 is 6.03 Å². The molecule has 0 aliphatic carbocycles. The summed E-state index contributed by atoms with van der Waals surface area (Å²) in [7, 11) is 0. The lowest BCUT2D eigenvalue weighted by atomic mass is 9.92. The molecule has 1 heterocycles. The molecule has 2 amide bonds. The van der Waals surface area contributed by atoms with Crippen LogP contribution in [-0.2, 0) is 5.54 Å². The molecule has 0 radical (unpaired) electrons. The highest BCUT2D eigenvalue weighted by Gasteiger charge is 2.28. The molecule has 1 saturated heterocycles. The highest BCUT2D eigenvalue weighted by Crippen LogP contribution is 2.24. The molecule has 4 nitrogen and oxygen atoms in total. The first-order valence-electron chi connectivity index (χ1n) is 9.91. The number of carbonyl (C=O) groups is 1. The Labute approximate surface area is 168 Å². The molecular weight excluding hydrogens is 346 g/mol. The lowest BCUT2D eigenvalue weighted by Crippen LogP contribution is -2.55. The molecule has 4 heteroatoms. The summed E-state index contributed by atoms with van der Waals surface area (Å²) in [5, 5.41) is 3.21. The molecule has 3 rings (SSSR count). The van der Waals surface area contributed by atoms with Crippen LogP contribution in [0.5, 0.6) is 0 Å². The lowest BCUT2D eigenvalue weighted by molar-refractivity contribution is 0.183. The molecule has 0 saturated carbocycles. The number of urea groups is 1. The number of hydrogen-bond acceptors (Lipinski definition) is 2. The minimum absolute atomic E-state index is 0.00498. The van der Waals surface area contributed by atoms with Crippen molar-refractivity contribution in [3.05, 3.63) is 71.8 Å². The SMILES string of the molecule is C=C(C)c1cccc(C(C)(C)NC(=O)N2CCN(c3cccc(C)c3)CC2)c1. The van der Waals surface area contributed by atoms with Gasteiger partial charge in [-0.05, 0) is 62.6 Å². The molecule has 0 unspecified atom stereocenters. The number of benzene rings is 2. The smallest absolute Gasteiger partial charge is 0.318 e. The third kappa shape index (κ3) is 4.56. The number of carbonyl (C=O) groups excluding carboxylic acids is 1. The van der Waals surface area contributed by atoms with Crippen LogP contribution in [-0.4, -0.2) is 37.1 Å². The van der Waals surface area contributed by atoms with Crippen molar-refractivity contribution in [3.63, 3.8) is 0 Å². The Balaban J connectivity index is 1.62. The molecule has 0 aromatic heterocycles. The van der Waals surface area contributed by atoms with Crippen molar-refractivity contribution in [1.29, 1.82) is 0 Å². The van der Waals surface area contributed by atoms with E-state index in [2.05, 4.69) is 60.1 Å². The summed E-state index contributed by atoms with van der Waals surface area (Å²) in [6.07, 6.45) is 0. The Bertz CT molecular complexity index is 864. The van der Waals surface area contributed by atoms with Crippen molar-refractivity contribution in [3.8, 4) is 0 Å². The fourth-order valence-corrected chi connectivity index (χ4v) is 3.58. The molecule has 2 aromatic carbocycles. The van der Waals surface area contributed by atoms with Crippen molar-refractivity contribution in [2.24, 2.45) is 0 Å². The Kier molecular flexibility index (Phi) is 5.78. The van der Waals surface area contributed by atoms with Crippen LogP contribution in [0.15, 0.2) is 55.1 Å². The fraction of sp³-hybridized carbons (Fsp3) is 0.375. The Hall–Kier alpha value is -2.75. The number of amides is 2. The van der Waals surface area contributed by atoms with Gasteiger partial charge in [-0.15, -0.1) is 0 Å². The van der Waals surface area contributed by atoms with Gasteiger partial charge in [-0.25, -0.2) is 4.79 Å². The second kappa shape index (κ2) is 8.09.